The minimum absolute atomic E-state index is 0.750. The summed E-state index contributed by atoms with van der Waals surface area (Å²) < 4.78 is -0.750. The molecule has 0 aliphatic rings. The van der Waals surface area contributed by atoms with Gasteiger partial charge in [0.25, 0.3) is 0 Å². The normalized spacial score (nSPS) is 9.63. The van der Waals surface area contributed by atoms with Gasteiger partial charge in [0.05, 0.1) is 12.8 Å². The highest BCUT2D eigenvalue weighted by Gasteiger charge is 2.40. The van der Waals surface area contributed by atoms with E-state index in [0.29, 0.717) is 0 Å². The average molecular weight is 344 g/mol. The molecule has 0 aromatic heterocycles. The Labute approximate surface area is 123 Å². The number of aliphatic carboxylic acids is 3. The maximum Gasteiger partial charge on any atom is 0.336 e. The van der Waals surface area contributed by atoms with Crippen molar-refractivity contribution in [3.8, 4) is 0 Å². The standard InChI is InChI=1S/C6H8O7.CHCl3.CH4O/c7-3(8)1-6(13,5(11)12)2-4(9)10;2-1(3)4;1-2/h13H,1-2H2,(H,7,8)(H,9,10)(H,11,12);1H;2H,1H3. The Morgan fingerprint density at radius 3 is 1.26 bits per heavy atom. The molecule has 0 heterocycles. The smallest absolute Gasteiger partial charge is 0.336 e. The molecule has 0 aliphatic heterocycles. The molecule has 0 radical (unpaired) electrons. The summed E-state index contributed by atoms with van der Waals surface area (Å²) in [4.78, 5) is 30.5. The summed E-state index contributed by atoms with van der Waals surface area (Å²) in [7, 11) is 1.00. The second-order valence-electron chi connectivity index (χ2n) is 2.73. The van der Waals surface area contributed by atoms with Gasteiger partial charge in [-0.3, -0.25) is 9.59 Å². The van der Waals surface area contributed by atoms with Gasteiger partial charge >= 0.3 is 17.9 Å². The summed E-state index contributed by atoms with van der Waals surface area (Å²) in [6, 6.07) is 0. The highest BCUT2D eigenvalue weighted by atomic mass is 35.6. The molecule has 11 heteroatoms. The first-order chi connectivity index (χ1) is 8.51. The van der Waals surface area contributed by atoms with Crippen LogP contribution in [0.25, 0.3) is 0 Å². The van der Waals surface area contributed by atoms with Crippen molar-refractivity contribution in [2.24, 2.45) is 0 Å². The zero-order chi connectivity index (χ0) is 16.2. The number of rotatable bonds is 5. The van der Waals surface area contributed by atoms with Gasteiger partial charge in [0.1, 0.15) is 0 Å². The van der Waals surface area contributed by atoms with E-state index in [9.17, 15) is 14.4 Å². The third-order valence-electron chi connectivity index (χ3n) is 1.29. The third kappa shape index (κ3) is 17.2. The van der Waals surface area contributed by atoms with Gasteiger partial charge < -0.3 is 25.5 Å². The van der Waals surface area contributed by atoms with Crippen LogP contribution in [0, 0.1) is 0 Å². The molecule has 0 unspecified atom stereocenters. The Morgan fingerprint density at radius 2 is 1.16 bits per heavy atom. The van der Waals surface area contributed by atoms with Crippen LogP contribution >= 0.6 is 34.8 Å². The first kappa shape index (κ1) is 23.3. The Hall–Kier alpha value is -0.800. The summed E-state index contributed by atoms with van der Waals surface area (Å²) in [5.74, 6) is -5.02. The summed E-state index contributed by atoms with van der Waals surface area (Å²) in [5.41, 5.74) is -2.74. The predicted octanol–water partition coefficient (Wildman–Crippen LogP) is 0.346. The van der Waals surface area contributed by atoms with E-state index in [-0.39, 0.29) is 0 Å². The second-order valence-corrected chi connectivity index (χ2v) is 4.70. The van der Waals surface area contributed by atoms with Crippen LogP contribution in [0.2, 0.25) is 0 Å². The van der Waals surface area contributed by atoms with Crippen molar-refractivity contribution in [2.45, 2.75) is 22.7 Å². The first-order valence-electron chi connectivity index (χ1n) is 4.27. The number of aliphatic hydroxyl groups is 2. The minimum atomic E-state index is -2.74. The van der Waals surface area contributed by atoms with E-state index in [1.54, 1.807) is 0 Å². The molecule has 0 fully saturated rings. The van der Waals surface area contributed by atoms with Crippen LogP contribution in [0.5, 0.6) is 0 Å². The molecule has 8 nitrogen and oxygen atoms in total. The molecule has 0 rings (SSSR count). The fourth-order valence-corrected chi connectivity index (χ4v) is 0.714. The van der Waals surface area contributed by atoms with Crippen LogP contribution < -0.4 is 0 Å². The number of hydrogen-bond donors (Lipinski definition) is 5. The highest BCUT2D eigenvalue weighted by molar-refractivity contribution is 6.63. The lowest BCUT2D eigenvalue weighted by molar-refractivity contribution is -0.170. The van der Waals surface area contributed by atoms with Gasteiger partial charge in [0.15, 0.2) is 9.90 Å². The minimum Gasteiger partial charge on any atom is -0.481 e. The summed E-state index contributed by atoms with van der Waals surface area (Å²) in [6.45, 7) is 0. The van der Waals surface area contributed by atoms with E-state index in [1.165, 1.54) is 0 Å². The quantitative estimate of drug-likeness (QED) is 0.448. The number of carbonyl (C=O) groups is 3. The molecule has 0 bridgehead atoms. The monoisotopic (exact) mass is 342 g/mol. The van der Waals surface area contributed by atoms with Gasteiger partial charge in [-0.2, -0.15) is 0 Å². The van der Waals surface area contributed by atoms with Crippen molar-refractivity contribution < 1.29 is 39.9 Å². The summed E-state index contributed by atoms with van der Waals surface area (Å²) in [5, 5.41) is 40.8. The van der Waals surface area contributed by atoms with Gasteiger partial charge in [-0.15, -0.1) is 0 Å². The maximum atomic E-state index is 10.3. The fraction of sp³-hybridized carbons (Fsp3) is 0.625. The lowest BCUT2D eigenvalue weighted by Crippen LogP contribution is -2.42. The van der Waals surface area contributed by atoms with Crippen molar-refractivity contribution in [3.63, 3.8) is 0 Å². The Bertz CT molecular complexity index is 275. The summed E-state index contributed by atoms with van der Waals surface area (Å²) >= 11 is 14.4. The predicted molar refractivity (Wildman–Crippen MR) is 66.6 cm³/mol. The molecule has 114 valence electrons. The van der Waals surface area contributed by atoms with Crippen molar-refractivity contribution >= 4 is 52.7 Å². The van der Waals surface area contributed by atoms with Crippen molar-refractivity contribution in [1.29, 1.82) is 0 Å². The summed E-state index contributed by atoms with van der Waals surface area (Å²) in [6.07, 6.45) is -2.29. The van der Waals surface area contributed by atoms with E-state index in [0.717, 1.165) is 7.11 Å². The molecular formula is C8H13Cl3O8. The molecule has 0 saturated carbocycles. The van der Waals surface area contributed by atoms with Gasteiger partial charge in [0.2, 0.25) is 0 Å². The van der Waals surface area contributed by atoms with Crippen LogP contribution in [0.4, 0.5) is 0 Å². The molecule has 0 spiro atoms. The van der Waals surface area contributed by atoms with Crippen molar-refractivity contribution in [3.05, 3.63) is 0 Å². The number of carboxylic acids is 3. The molecule has 0 saturated heterocycles. The number of carboxylic acid groups (broad SMARTS) is 3. The lowest BCUT2D eigenvalue weighted by atomic mass is 9.96. The van der Waals surface area contributed by atoms with Crippen LogP contribution in [-0.2, 0) is 14.4 Å². The van der Waals surface area contributed by atoms with Gasteiger partial charge in [-0.1, -0.05) is 34.8 Å². The van der Waals surface area contributed by atoms with Crippen LogP contribution in [0.3, 0.4) is 0 Å². The fourth-order valence-electron chi connectivity index (χ4n) is 0.714. The molecule has 0 atom stereocenters. The topological polar surface area (TPSA) is 152 Å². The van der Waals surface area contributed by atoms with Gasteiger partial charge in [-0.05, 0) is 0 Å². The van der Waals surface area contributed by atoms with E-state index in [4.69, 9.17) is 60.3 Å². The molecule has 19 heavy (non-hydrogen) atoms. The first-order valence-corrected chi connectivity index (χ1v) is 5.58. The van der Waals surface area contributed by atoms with E-state index >= 15 is 0 Å². The SMILES string of the molecule is CO.ClC(Cl)Cl.O=C(O)CC(O)(CC(=O)O)C(=O)O. The molecule has 0 aromatic carbocycles. The highest BCUT2D eigenvalue weighted by Crippen LogP contribution is 2.15. The lowest BCUT2D eigenvalue weighted by Gasteiger charge is -2.18. The number of aliphatic hydroxyl groups excluding tert-OH is 1. The van der Waals surface area contributed by atoms with Gasteiger partial charge in [0, 0.05) is 7.11 Å². The zero-order valence-electron chi connectivity index (χ0n) is 9.59. The average Bonchev–Trinajstić information content (AvgIpc) is 2.16. The van der Waals surface area contributed by atoms with Crippen LogP contribution in [0.15, 0.2) is 0 Å². The van der Waals surface area contributed by atoms with E-state index in [2.05, 4.69) is 0 Å². The third-order valence-corrected chi connectivity index (χ3v) is 1.29. The number of hydrogen-bond acceptors (Lipinski definition) is 5. The second kappa shape index (κ2) is 12.2. The van der Waals surface area contributed by atoms with Crippen molar-refractivity contribution in [2.75, 3.05) is 7.11 Å². The maximum absolute atomic E-state index is 10.3. The molecule has 0 amide bonds. The van der Waals surface area contributed by atoms with Crippen molar-refractivity contribution in [1.82, 2.24) is 0 Å². The molecule has 5 N–H and O–H groups in total. The molecule has 0 aliphatic carbocycles. The molecule has 0 aromatic rings. The van der Waals surface area contributed by atoms with Crippen LogP contribution in [0.1, 0.15) is 12.8 Å². The Kier molecular flexibility index (Phi) is 15.0. The van der Waals surface area contributed by atoms with Gasteiger partial charge in [-0.25, -0.2) is 4.79 Å². The van der Waals surface area contributed by atoms with E-state index in [1.807, 2.05) is 0 Å². The zero-order valence-corrected chi connectivity index (χ0v) is 11.9. The molecular weight excluding hydrogens is 330 g/mol. The number of halogens is 3. The Morgan fingerprint density at radius 1 is 0.947 bits per heavy atom. The largest absolute Gasteiger partial charge is 0.481 e. The van der Waals surface area contributed by atoms with E-state index < -0.39 is 40.6 Å². The van der Waals surface area contributed by atoms with Crippen LogP contribution in [-0.4, -0.2) is 60.4 Å². The Balaban J connectivity index is -0.000000361. The number of alkyl halides is 3.